The third-order valence-electron chi connectivity index (χ3n) is 5.01. The second-order valence-electron chi connectivity index (χ2n) is 6.67. The van der Waals surface area contributed by atoms with Gasteiger partial charge in [-0.25, -0.2) is 0 Å². The number of hydrogen-bond acceptors (Lipinski definition) is 3. The molecular formula is C21H21N3O3. The number of aromatic nitrogens is 1. The van der Waals surface area contributed by atoms with Crippen LogP contribution in [0.15, 0.2) is 54.7 Å². The zero-order valence-corrected chi connectivity index (χ0v) is 15.1. The number of amides is 2. The lowest BCUT2D eigenvalue weighted by Crippen LogP contribution is -2.58. The van der Waals surface area contributed by atoms with Gasteiger partial charge in [-0.3, -0.25) is 9.59 Å². The van der Waals surface area contributed by atoms with Crippen molar-refractivity contribution in [2.45, 2.75) is 19.0 Å². The molecule has 2 amide bonds. The summed E-state index contributed by atoms with van der Waals surface area (Å²) in [5.74, 6) is 0.570. The quantitative estimate of drug-likeness (QED) is 0.730. The van der Waals surface area contributed by atoms with Crippen LogP contribution in [0.25, 0.3) is 10.9 Å². The van der Waals surface area contributed by atoms with Gasteiger partial charge in [0.1, 0.15) is 11.8 Å². The van der Waals surface area contributed by atoms with Crippen LogP contribution >= 0.6 is 0 Å². The molecule has 0 unspecified atom stereocenters. The highest BCUT2D eigenvalue weighted by atomic mass is 16.5. The number of H-pyrrole nitrogens is 1. The Bertz CT molecular complexity index is 978. The number of methoxy groups -OCH3 is 1. The molecule has 2 heterocycles. The molecule has 0 spiro atoms. The fraction of sp³-hybridized carbons (Fsp3) is 0.238. The third-order valence-corrected chi connectivity index (χ3v) is 5.01. The largest absolute Gasteiger partial charge is 0.497 e. The van der Waals surface area contributed by atoms with Crippen molar-refractivity contribution >= 4 is 22.7 Å². The van der Waals surface area contributed by atoms with Gasteiger partial charge in [-0.2, -0.15) is 0 Å². The van der Waals surface area contributed by atoms with Crippen LogP contribution in [-0.4, -0.2) is 41.4 Å². The number of carbonyl (C=O) groups is 2. The Labute approximate surface area is 157 Å². The topological polar surface area (TPSA) is 74.4 Å². The predicted octanol–water partition coefficient (Wildman–Crippen LogP) is 2.25. The maximum Gasteiger partial charge on any atom is 0.243 e. The third kappa shape index (κ3) is 3.38. The monoisotopic (exact) mass is 363 g/mol. The second kappa shape index (κ2) is 7.15. The molecule has 0 bridgehead atoms. The Morgan fingerprint density at radius 3 is 2.67 bits per heavy atom. The number of nitrogens with zero attached hydrogens (tertiary/aromatic N) is 1. The average molecular weight is 363 g/mol. The highest BCUT2D eigenvalue weighted by molar-refractivity contribution is 5.95. The van der Waals surface area contributed by atoms with Gasteiger partial charge in [-0.15, -0.1) is 0 Å². The molecule has 138 valence electrons. The van der Waals surface area contributed by atoms with E-state index in [9.17, 15) is 9.59 Å². The summed E-state index contributed by atoms with van der Waals surface area (Å²) < 4.78 is 5.18. The first-order chi connectivity index (χ1) is 13.2. The number of carbonyl (C=O) groups excluding carboxylic acids is 2. The summed E-state index contributed by atoms with van der Waals surface area (Å²) >= 11 is 0. The van der Waals surface area contributed by atoms with Crippen LogP contribution in [0, 0.1) is 0 Å². The van der Waals surface area contributed by atoms with Gasteiger partial charge >= 0.3 is 0 Å². The predicted molar refractivity (Wildman–Crippen MR) is 102 cm³/mol. The zero-order chi connectivity index (χ0) is 18.8. The van der Waals surface area contributed by atoms with Crippen LogP contribution < -0.4 is 10.1 Å². The van der Waals surface area contributed by atoms with Gasteiger partial charge < -0.3 is 19.9 Å². The summed E-state index contributed by atoms with van der Waals surface area (Å²) in [6.07, 6.45) is 2.39. The van der Waals surface area contributed by atoms with Gasteiger partial charge in [0.25, 0.3) is 0 Å². The Balaban J connectivity index is 1.60. The van der Waals surface area contributed by atoms with E-state index in [0.717, 1.165) is 27.8 Å². The van der Waals surface area contributed by atoms with E-state index in [1.54, 1.807) is 12.0 Å². The maximum absolute atomic E-state index is 12.6. The molecule has 0 saturated carbocycles. The van der Waals surface area contributed by atoms with Crippen molar-refractivity contribution in [2.24, 2.45) is 0 Å². The number of piperazine rings is 1. The summed E-state index contributed by atoms with van der Waals surface area (Å²) in [7, 11) is 1.62. The SMILES string of the molecule is COc1ccc(CN2C(=O)CNC(=O)[C@@H]2Cc2c[nH]c3ccccc23)cc1. The number of para-hydroxylation sites is 1. The van der Waals surface area contributed by atoms with Crippen LogP contribution in [0.5, 0.6) is 5.75 Å². The van der Waals surface area contributed by atoms with E-state index in [1.165, 1.54) is 0 Å². The average Bonchev–Trinajstić information content (AvgIpc) is 3.11. The Hall–Kier alpha value is -3.28. The number of nitrogens with one attached hydrogen (secondary N) is 2. The highest BCUT2D eigenvalue weighted by Gasteiger charge is 2.34. The summed E-state index contributed by atoms with van der Waals surface area (Å²) in [5.41, 5.74) is 3.01. The molecule has 27 heavy (non-hydrogen) atoms. The molecular weight excluding hydrogens is 342 g/mol. The van der Waals surface area contributed by atoms with Crippen LogP contribution in [-0.2, 0) is 22.6 Å². The van der Waals surface area contributed by atoms with E-state index >= 15 is 0 Å². The number of fused-ring (bicyclic) bond motifs is 1. The zero-order valence-electron chi connectivity index (χ0n) is 15.1. The summed E-state index contributed by atoms with van der Waals surface area (Å²) in [6.45, 7) is 0.433. The summed E-state index contributed by atoms with van der Waals surface area (Å²) in [5, 5.41) is 3.79. The van der Waals surface area contributed by atoms with E-state index in [1.807, 2.05) is 54.7 Å². The molecule has 0 aliphatic carbocycles. The van der Waals surface area contributed by atoms with Gasteiger partial charge in [0.15, 0.2) is 0 Å². The van der Waals surface area contributed by atoms with Crippen LogP contribution in [0.4, 0.5) is 0 Å². The Kier molecular flexibility index (Phi) is 4.54. The van der Waals surface area contributed by atoms with Gasteiger partial charge in [0.2, 0.25) is 11.8 Å². The van der Waals surface area contributed by atoms with E-state index in [0.29, 0.717) is 13.0 Å². The van der Waals surface area contributed by atoms with Gasteiger partial charge in [0, 0.05) is 30.1 Å². The van der Waals surface area contributed by atoms with Crippen molar-refractivity contribution in [1.29, 1.82) is 0 Å². The first kappa shape index (κ1) is 17.1. The lowest BCUT2D eigenvalue weighted by Gasteiger charge is -2.35. The Morgan fingerprint density at radius 1 is 1.11 bits per heavy atom. The normalized spacial score (nSPS) is 17.2. The number of aromatic amines is 1. The highest BCUT2D eigenvalue weighted by Crippen LogP contribution is 2.23. The minimum Gasteiger partial charge on any atom is -0.497 e. The van der Waals surface area contributed by atoms with Crippen molar-refractivity contribution in [1.82, 2.24) is 15.2 Å². The lowest BCUT2D eigenvalue weighted by atomic mass is 10.0. The fourth-order valence-electron chi connectivity index (χ4n) is 3.54. The number of ether oxygens (including phenoxy) is 1. The molecule has 4 rings (SSSR count). The maximum atomic E-state index is 12.6. The molecule has 1 aliphatic rings. The van der Waals surface area contributed by atoms with Gasteiger partial charge in [-0.1, -0.05) is 30.3 Å². The molecule has 2 aromatic carbocycles. The fourth-order valence-corrected chi connectivity index (χ4v) is 3.54. The first-order valence-corrected chi connectivity index (χ1v) is 8.91. The van der Waals surface area contributed by atoms with Crippen molar-refractivity contribution in [3.8, 4) is 5.75 Å². The van der Waals surface area contributed by atoms with E-state index in [4.69, 9.17) is 4.74 Å². The minimum atomic E-state index is -0.535. The summed E-state index contributed by atoms with van der Waals surface area (Å²) in [4.78, 5) is 30.0. The summed E-state index contributed by atoms with van der Waals surface area (Å²) in [6, 6.07) is 15.0. The molecule has 2 N–H and O–H groups in total. The molecule has 1 aromatic heterocycles. The molecule has 1 atom stereocenters. The van der Waals surface area contributed by atoms with Gasteiger partial charge in [0.05, 0.1) is 13.7 Å². The molecule has 6 nitrogen and oxygen atoms in total. The standard InChI is InChI=1S/C21H21N3O3/c1-27-16-8-6-14(7-9-16)13-24-19(21(26)23-12-20(24)25)10-15-11-22-18-5-3-2-4-17(15)18/h2-9,11,19,22H,10,12-13H2,1H3,(H,23,26)/t19-/m0/s1. The van der Waals surface area contributed by atoms with Crippen molar-refractivity contribution in [2.75, 3.05) is 13.7 Å². The second-order valence-corrected chi connectivity index (χ2v) is 6.67. The smallest absolute Gasteiger partial charge is 0.243 e. The number of rotatable bonds is 5. The molecule has 1 aliphatic heterocycles. The molecule has 1 saturated heterocycles. The van der Waals surface area contributed by atoms with Crippen molar-refractivity contribution in [3.63, 3.8) is 0 Å². The number of hydrogen-bond donors (Lipinski definition) is 2. The Morgan fingerprint density at radius 2 is 1.89 bits per heavy atom. The first-order valence-electron chi connectivity index (χ1n) is 8.91. The number of benzene rings is 2. The minimum absolute atomic E-state index is 0.0410. The lowest BCUT2D eigenvalue weighted by molar-refractivity contribution is -0.146. The van der Waals surface area contributed by atoms with Crippen LogP contribution in [0.3, 0.4) is 0 Å². The van der Waals surface area contributed by atoms with Gasteiger partial charge in [-0.05, 0) is 29.3 Å². The van der Waals surface area contributed by atoms with E-state index < -0.39 is 6.04 Å². The van der Waals surface area contributed by atoms with Crippen molar-refractivity contribution < 1.29 is 14.3 Å². The molecule has 3 aromatic rings. The molecule has 6 heteroatoms. The molecule has 0 radical (unpaired) electrons. The molecule has 1 fully saturated rings. The van der Waals surface area contributed by atoms with Crippen LogP contribution in [0.1, 0.15) is 11.1 Å². The van der Waals surface area contributed by atoms with E-state index in [2.05, 4.69) is 10.3 Å². The van der Waals surface area contributed by atoms with Crippen molar-refractivity contribution in [3.05, 3.63) is 65.9 Å². The van der Waals surface area contributed by atoms with E-state index in [-0.39, 0.29) is 18.4 Å². The van der Waals surface area contributed by atoms with Crippen LogP contribution in [0.2, 0.25) is 0 Å².